The molecule has 0 radical (unpaired) electrons. The van der Waals surface area contributed by atoms with Crippen molar-refractivity contribution in [2.45, 2.75) is 26.7 Å². The van der Waals surface area contributed by atoms with Crippen molar-refractivity contribution in [2.24, 2.45) is 0 Å². The number of nitriles is 2. The number of anilines is 2. The van der Waals surface area contributed by atoms with E-state index in [-0.39, 0.29) is 11.6 Å². The second-order valence-corrected chi connectivity index (χ2v) is 5.64. The second-order valence-electron chi connectivity index (χ2n) is 5.64. The first-order chi connectivity index (χ1) is 12.0. The summed E-state index contributed by atoms with van der Waals surface area (Å²) in [6, 6.07) is 10.0. The highest BCUT2D eigenvalue weighted by atomic mass is 16.5. The Bertz CT molecular complexity index is 783. The maximum Gasteiger partial charge on any atom is 0.248 e. The normalized spacial score (nSPS) is 9.92. The summed E-state index contributed by atoms with van der Waals surface area (Å²) in [5, 5.41) is 17.7. The maximum atomic E-state index is 8.83. The van der Waals surface area contributed by atoms with Crippen LogP contribution in [-0.2, 0) is 0 Å². The molecule has 0 saturated heterocycles. The Morgan fingerprint density at radius 3 is 2.20 bits per heavy atom. The summed E-state index contributed by atoms with van der Waals surface area (Å²) >= 11 is 0. The van der Waals surface area contributed by atoms with E-state index in [4.69, 9.17) is 21.0 Å². The van der Waals surface area contributed by atoms with E-state index in [2.05, 4.69) is 22.1 Å². The van der Waals surface area contributed by atoms with Crippen LogP contribution >= 0.6 is 0 Å². The van der Waals surface area contributed by atoms with Gasteiger partial charge in [-0.25, -0.2) is 4.98 Å². The third kappa shape index (κ3) is 4.82. The number of nitrogen functional groups attached to an aromatic ring is 1. The van der Waals surface area contributed by atoms with Crippen molar-refractivity contribution in [3.8, 4) is 23.8 Å². The van der Waals surface area contributed by atoms with Crippen LogP contribution < -0.4 is 15.4 Å². The van der Waals surface area contributed by atoms with Gasteiger partial charge in [0.25, 0.3) is 0 Å². The van der Waals surface area contributed by atoms with E-state index in [0.29, 0.717) is 37.5 Å². The van der Waals surface area contributed by atoms with Crippen LogP contribution in [0.3, 0.4) is 0 Å². The molecule has 0 aliphatic rings. The molecule has 0 atom stereocenters. The summed E-state index contributed by atoms with van der Waals surface area (Å²) in [5.41, 5.74) is 8.64. The molecule has 1 aromatic carbocycles. The Hall–Kier alpha value is -3.32. The molecule has 0 aliphatic heterocycles. The number of nitrogens with zero attached hydrogens (tertiary/aromatic N) is 5. The molecule has 2 rings (SSSR count). The molecule has 2 aromatic rings. The van der Waals surface area contributed by atoms with Gasteiger partial charge in [-0.1, -0.05) is 6.07 Å². The minimum atomic E-state index is 0.258. The first kappa shape index (κ1) is 18.0. The van der Waals surface area contributed by atoms with E-state index in [9.17, 15) is 0 Å². The monoisotopic (exact) mass is 336 g/mol. The zero-order chi connectivity index (χ0) is 18.2. The molecule has 0 unspecified atom stereocenters. The van der Waals surface area contributed by atoms with E-state index in [1.807, 2.05) is 32.0 Å². The fourth-order valence-corrected chi connectivity index (χ4v) is 2.50. The molecule has 0 fully saturated rings. The average molecular weight is 336 g/mol. The van der Waals surface area contributed by atoms with Gasteiger partial charge in [-0.15, -0.1) is 0 Å². The number of aryl methyl sites for hydroxylation is 2. The second kappa shape index (κ2) is 8.51. The third-order valence-corrected chi connectivity index (χ3v) is 3.52. The molecular weight excluding hydrogens is 316 g/mol. The summed E-state index contributed by atoms with van der Waals surface area (Å²) in [7, 11) is 0. The van der Waals surface area contributed by atoms with E-state index >= 15 is 0 Å². The molecule has 0 aliphatic carbocycles. The molecule has 128 valence electrons. The zero-order valence-corrected chi connectivity index (χ0v) is 14.4. The van der Waals surface area contributed by atoms with Gasteiger partial charge in [-0.2, -0.15) is 15.5 Å². The SMILES string of the molecule is Cc1cc(C)cc(Oc2ncnc(N(CCC#N)CCC#N)c2N)c1. The first-order valence-electron chi connectivity index (χ1n) is 7.90. The molecule has 0 amide bonds. The van der Waals surface area contributed by atoms with Gasteiger partial charge in [-0.3, -0.25) is 0 Å². The lowest BCUT2D eigenvalue weighted by Gasteiger charge is -2.23. The third-order valence-electron chi connectivity index (χ3n) is 3.52. The molecule has 2 N–H and O–H groups in total. The molecule has 7 nitrogen and oxygen atoms in total. The van der Waals surface area contributed by atoms with Crippen molar-refractivity contribution >= 4 is 11.5 Å². The zero-order valence-electron chi connectivity index (χ0n) is 14.4. The Balaban J connectivity index is 2.30. The van der Waals surface area contributed by atoms with Crippen LogP contribution in [0.4, 0.5) is 11.5 Å². The quantitative estimate of drug-likeness (QED) is 0.826. The van der Waals surface area contributed by atoms with Gasteiger partial charge in [0.1, 0.15) is 17.8 Å². The number of hydrogen-bond acceptors (Lipinski definition) is 7. The van der Waals surface area contributed by atoms with Gasteiger partial charge in [-0.05, 0) is 37.1 Å². The fraction of sp³-hybridized carbons (Fsp3) is 0.333. The summed E-state index contributed by atoms with van der Waals surface area (Å²) < 4.78 is 5.84. The molecule has 25 heavy (non-hydrogen) atoms. The van der Waals surface area contributed by atoms with Crippen molar-refractivity contribution in [3.63, 3.8) is 0 Å². The van der Waals surface area contributed by atoms with E-state index in [1.54, 1.807) is 4.90 Å². The molecule has 0 spiro atoms. The predicted molar refractivity (Wildman–Crippen MR) is 95.1 cm³/mol. The standard InChI is InChI=1S/C18H20N6O/c1-13-9-14(2)11-15(10-13)25-18-16(21)17(22-12-23-18)24(7-3-5-19)8-4-6-20/h9-12H,3-4,7-8,21H2,1-2H3. The lowest BCUT2D eigenvalue weighted by Crippen LogP contribution is -2.27. The van der Waals surface area contributed by atoms with Gasteiger partial charge < -0.3 is 15.4 Å². The van der Waals surface area contributed by atoms with E-state index in [0.717, 1.165) is 11.1 Å². The molecule has 1 aromatic heterocycles. The summed E-state index contributed by atoms with van der Waals surface area (Å²) in [6.45, 7) is 4.84. The minimum absolute atomic E-state index is 0.258. The summed E-state index contributed by atoms with van der Waals surface area (Å²) in [5.74, 6) is 1.38. The topological polar surface area (TPSA) is 112 Å². The number of benzene rings is 1. The predicted octanol–water partition coefficient (Wildman–Crippen LogP) is 3.10. The van der Waals surface area contributed by atoms with Crippen molar-refractivity contribution in [1.29, 1.82) is 10.5 Å². The van der Waals surface area contributed by atoms with Crippen molar-refractivity contribution < 1.29 is 4.74 Å². The van der Waals surface area contributed by atoms with Gasteiger partial charge in [0.05, 0.1) is 25.0 Å². The van der Waals surface area contributed by atoms with E-state index < -0.39 is 0 Å². The lowest BCUT2D eigenvalue weighted by molar-refractivity contribution is 0.463. The lowest BCUT2D eigenvalue weighted by atomic mass is 10.1. The Morgan fingerprint density at radius 1 is 1.04 bits per heavy atom. The first-order valence-corrected chi connectivity index (χ1v) is 7.90. The molecule has 0 bridgehead atoms. The van der Waals surface area contributed by atoms with Gasteiger partial charge in [0.2, 0.25) is 5.88 Å². The van der Waals surface area contributed by atoms with Crippen molar-refractivity contribution in [2.75, 3.05) is 23.7 Å². The fourth-order valence-electron chi connectivity index (χ4n) is 2.50. The van der Waals surface area contributed by atoms with Gasteiger partial charge >= 0.3 is 0 Å². The Morgan fingerprint density at radius 2 is 1.64 bits per heavy atom. The van der Waals surface area contributed by atoms with Gasteiger partial charge in [0.15, 0.2) is 5.82 Å². The highest BCUT2D eigenvalue weighted by Crippen LogP contribution is 2.32. The molecule has 0 saturated carbocycles. The van der Waals surface area contributed by atoms with Crippen LogP contribution in [0.15, 0.2) is 24.5 Å². The van der Waals surface area contributed by atoms with Gasteiger partial charge in [0, 0.05) is 13.1 Å². The van der Waals surface area contributed by atoms with Crippen LogP contribution in [0.5, 0.6) is 11.6 Å². The van der Waals surface area contributed by atoms with Crippen LogP contribution in [0.1, 0.15) is 24.0 Å². The number of rotatable bonds is 7. The Kier molecular flexibility index (Phi) is 6.14. The maximum absolute atomic E-state index is 8.83. The van der Waals surface area contributed by atoms with Crippen molar-refractivity contribution in [1.82, 2.24) is 9.97 Å². The number of nitrogens with two attached hydrogens (primary N) is 1. The average Bonchev–Trinajstić information content (AvgIpc) is 2.56. The summed E-state index contributed by atoms with van der Waals surface area (Å²) in [4.78, 5) is 10.1. The largest absolute Gasteiger partial charge is 0.437 e. The van der Waals surface area contributed by atoms with Crippen LogP contribution in [0.2, 0.25) is 0 Å². The van der Waals surface area contributed by atoms with E-state index in [1.165, 1.54) is 6.33 Å². The summed E-state index contributed by atoms with van der Waals surface area (Å²) in [6.07, 6.45) is 1.99. The highest BCUT2D eigenvalue weighted by Gasteiger charge is 2.16. The molecule has 1 heterocycles. The van der Waals surface area contributed by atoms with Crippen LogP contribution in [0.25, 0.3) is 0 Å². The van der Waals surface area contributed by atoms with Crippen LogP contribution in [-0.4, -0.2) is 23.1 Å². The number of hydrogen-bond donors (Lipinski definition) is 1. The molecule has 7 heteroatoms. The van der Waals surface area contributed by atoms with Crippen LogP contribution in [0, 0.1) is 36.5 Å². The number of aromatic nitrogens is 2. The number of ether oxygens (including phenoxy) is 1. The highest BCUT2D eigenvalue weighted by molar-refractivity contribution is 5.68. The Labute approximate surface area is 147 Å². The minimum Gasteiger partial charge on any atom is -0.437 e. The molecular formula is C18H20N6O. The smallest absolute Gasteiger partial charge is 0.248 e. The van der Waals surface area contributed by atoms with Crippen molar-refractivity contribution in [3.05, 3.63) is 35.7 Å².